The normalized spacial score (nSPS) is 35.8. The molecule has 7 nitrogen and oxygen atoms in total. The molecule has 2 unspecified atom stereocenters. The van der Waals surface area contributed by atoms with Crippen molar-refractivity contribution in [3.05, 3.63) is 0 Å². The van der Waals surface area contributed by atoms with Crippen molar-refractivity contribution >= 4 is 17.9 Å². The molecule has 2 atom stereocenters. The van der Waals surface area contributed by atoms with E-state index < -0.39 is 29.6 Å². The smallest absolute Gasteiger partial charge is 0.370 e. The molecular weight excluding hydrogens is 208 g/mol. The summed E-state index contributed by atoms with van der Waals surface area (Å²) < 4.78 is 4.62. The molecule has 2 aliphatic heterocycles. The number of ether oxygens (including phenoxy) is 1. The molecule has 2 fully saturated rings. The first-order chi connectivity index (χ1) is 7.00. The first-order valence-corrected chi connectivity index (χ1v) is 4.37. The van der Waals surface area contributed by atoms with Crippen LogP contribution in [0.4, 0.5) is 0 Å². The number of hydrogen-bond acceptors (Lipinski definition) is 7. The van der Waals surface area contributed by atoms with Crippen molar-refractivity contribution in [3.63, 3.8) is 0 Å². The van der Waals surface area contributed by atoms with Crippen molar-refractivity contribution in [1.82, 2.24) is 0 Å². The second kappa shape index (κ2) is 3.20. The molecule has 0 saturated carbocycles. The van der Waals surface area contributed by atoms with Gasteiger partial charge in [0, 0.05) is 12.8 Å². The van der Waals surface area contributed by atoms with Gasteiger partial charge < -0.3 is 9.84 Å². The van der Waals surface area contributed by atoms with E-state index in [0.29, 0.717) is 0 Å². The van der Waals surface area contributed by atoms with Crippen LogP contribution in [0.25, 0.3) is 0 Å². The van der Waals surface area contributed by atoms with Gasteiger partial charge in [-0.3, -0.25) is 4.79 Å². The van der Waals surface area contributed by atoms with Gasteiger partial charge in [-0.2, -0.15) is 0 Å². The Hall–Kier alpha value is -1.63. The molecule has 0 aromatic rings. The summed E-state index contributed by atoms with van der Waals surface area (Å²) in [6.45, 7) is 0. The first kappa shape index (κ1) is 9.91. The van der Waals surface area contributed by atoms with Crippen LogP contribution in [0, 0.1) is 5.92 Å². The molecule has 2 saturated heterocycles. The van der Waals surface area contributed by atoms with E-state index in [9.17, 15) is 19.5 Å². The molecule has 2 bridgehead atoms. The Morgan fingerprint density at radius 1 is 1.20 bits per heavy atom. The van der Waals surface area contributed by atoms with Crippen LogP contribution in [-0.2, 0) is 28.9 Å². The van der Waals surface area contributed by atoms with Crippen molar-refractivity contribution in [3.8, 4) is 0 Å². The van der Waals surface area contributed by atoms with E-state index in [0.717, 1.165) is 0 Å². The molecule has 0 amide bonds. The highest BCUT2D eigenvalue weighted by molar-refractivity contribution is 5.96. The SMILES string of the molecule is O=C1CCC2(O)CC(C(=O)OO1)C(=O)O2. The van der Waals surface area contributed by atoms with E-state index in [1.807, 2.05) is 0 Å². The zero-order valence-electron chi connectivity index (χ0n) is 7.60. The van der Waals surface area contributed by atoms with Gasteiger partial charge in [0.1, 0.15) is 0 Å². The summed E-state index contributed by atoms with van der Waals surface area (Å²) in [6.07, 6.45) is -0.504. The molecule has 0 radical (unpaired) electrons. The molecule has 0 aromatic heterocycles. The minimum absolute atomic E-state index is 0.106. The Balaban J connectivity index is 2.23. The van der Waals surface area contributed by atoms with Crippen LogP contribution in [0.5, 0.6) is 0 Å². The van der Waals surface area contributed by atoms with Crippen LogP contribution in [-0.4, -0.2) is 28.8 Å². The lowest BCUT2D eigenvalue weighted by atomic mass is 10.00. The average molecular weight is 216 g/mol. The first-order valence-electron chi connectivity index (χ1n) is 4.37. The fourth-order valence-corrected chi connectivity index (χ4v) is 1.52. The fourth-order valence-electron chi connectivity index (χ4n) is 1.52. The van der Waals surface area contributed by atoms with Crippen molar-refractivity contribution < 1.29 is 34.0 Å². The molecule has 7 heteroatoms. The molecule has 0 aromatic carbocycles. The van der Waals surface area contributed by atoms with Crippen molar-refractivity contribution in [2.75, 3.05) is 0 Å². The number of rotatable bonds is 0. The summed E-state index contributed by atoms with van der Waals surface area (Å²) in [5.74, 6) is -5.66. The summed E-state index contributed by atoms with van der Waals surface area (Å²) >= 11 is 0. The van der Waals surface area contributed by atoms with E-state index >= 15 is 0 Å². The monoisotopic (exact) mass is 216 g/mol. The van der Waals surface area contributed by atoms with Crippen LogP contribution in [0.15, 0.2) is 0 Å². The zero-order chi connectivity index (χ0) is 11.1. The summed E-state index contributed by atoms with van der Waals surface area (Å²) in [5.41, 5.74) is 0. The maximum atomic E-state index is 11.2. The molecule has 2 heterocycles. The van der Waals surface area contributed by atoms with Gasteiger partial charge in [0.15, 0.2) is 5.92 Å². The van der Waals surface area contributed by atoms with Crippen molar-refractivity contribution in [2.45, 2.75) is 25.0 Å². The van der Waals surface area contributed by atoms with E-state index in [1.165, 1.54) is 0 Å². The van der Waals surface area contributed by atoms with Gasteiger partial charge in [0.2, 0.25) is 5.79 Å². The van der Waals surface area contributed by atoms with E-state index in [4.69, 9.17) is 0 Å². The minimum Gasteiger partial charge on any atom is -0.433 e. The van der Waals surface area contributed by atoms with Gasteiger partial charge in [0.05, 0.1) is 6.42 Å². The molecule has 2 rings (SSSR count). The standard InChI is InChI=1S/C8H8O7/c9-5-1-2-8(12)3-4(6(10)13-8)7(11)15-14-5/h4,12H,1-3H2. The van der Waals surface area contributed by atoms with Gasteiger partial charge in [-0.15, -0.1) is 0 Å². The maximum Gasteiger partial charge on any atom is 0.370 e. The number of esters is 1. The zero-order valence-corrected chi connectivity index (χ0v) is 7.60. The van der Waals surface area contributed by atoms with Gasteiger partial charge in [-0.25, -0.2) is 19.4 Å². The van der Waals surface area contributed by atoms with Crippen molar-refractivity contribution in [1.29, 1.82) is 0 Å². The number of fused-ring (bicyclic) bond motifs is 2. The van der Waals surface area contributed by atoms with Crippen molar-refractivity contribution in [2.24, 2.45) is 5.92 Å². The molecule has 1 N–H and O–H groups in total. The third-order valence-corrected chi connectivity index (χ3v) is 2.32. The van der Waals surface area contributed by atoms with Crippen LogP contribution in [0.3, 0.4) is 0 Å². The van der Waals surface area contributed by atoms with E-state index in [1.54, 1.807) is 0 Å². The average Bonchev–Trinajstić information content (AvgIpc) is 2.49. The van der Waals surface area contributed by atoms with Gasteiger partial charge >= 0.3 is 17.9 Å². The molecule has 82 valence electrons. The second-order valence-electron chi connectivity index (χ2n) is 3.48. The predicted molar refractivity (Wildman–Crippen MR) is 40.6 cm³/mol. The van der Waals surface area contributed by atoms with E-state index in [-0.39, 0.29) is 19.3 Å². The molecule has 2 aliphatic rings. The lowest BCUT2D eigenvalue weighted by Crippen LogP contribution is -2.28. The highest BCUT2D eigenvalue weighted by Crippen LogP contribution is 2.34. The summed E-state index contributed by atoms with van der Waals surface area (Å²) in [4.78, 5) is 41.4. The van der Waals surface area contributed by atoms with Crippen LogP contribution >= 0.6 is 0 Å². The summed E-state index contributed by atoms with van der Waals surface area (Å²) in [7, 11) is 0. The Bertz CT molecular complexity index is 336. The molecule has 0 spiro atoms. The van der Waals surface area contributed by atoms with Gasteiger partial charge in [0.25, 0.3) is 0 Å². The largest absolute Gasteiger partial charge is 0.433 e. The lowest BCUT2D eigenvalue weighted by Gasteiger charge is -2.18. The van der Waals surface area contributed by atoms with E-state index in [2.05, 4.69) is 14.5 Å². The molecule has 0 aliphatic carbocycles. The van der Waals surface area contributed by atoms with Crippen LogP contribution < -0.4 is 0 Å². The highest BCUT2D eigenvalue weighted by atomic mass is 17.2. The summed E-state index contributed by atoms with van der Waals surface area (Å²) in [5, 5.41) is 9.70. The second-order valence-corrected chi connectivity index (χ2v) is 3.48. The number of carbonyl (C=O) groups is 3. The Kier molecular flexibility index (Phi) is 2.11. The topological polar surface area (TPSA) is 99.1 Å². The maximum absolute atomic E-state index is 11.2. The molecular formula is C8H8O7. The quantitative estimate of drug-likeness (QED) is 0.316. The number of carbonyl (C=O) groups excluding carboxylic acids is 3. The molecule has 15 heavy (non-hydrogen) atoms. The fraction of sp³-hybridized carbons (Fsp3) is 0.625. The summed E-state index contributed by atoms with van der Waals surface area (Å²) in [6, 6.07) is 0. The lowest BCUT2D eigenvalue weighted by molar-refractivity contribution is -0.262. The third-order valence-electron chi connectivity index (χ3n) is 2.32. The number of aliphatic hydroxyl groups is 1. The Morgan fingerprint density at radius 2 is 1.93 bits per heavy atom. The third kappa shape index (κ3) is 1.78. The van der Waals surface area contributed by atoms with Crippen LogP contribution in [0.1, 0.15) is 19.3 Å². The highest BCUT2D eigenvalue weighted by Gasteiger charge is 2.51. The minimum atomic E-state index is -1.76. The van der Waals surface area contributed by atoms with Gasteiger partial charge in [-0.1, -0.05) is 0 Å². The predicted octanol–water partition coefficient (Wildman–Crippen LogP) is -0.967. The van der Waals surface area contributed by atoms with Crippen LogP contribution in [0.2, 0.25) is 0 Å². The Labute approximate surface area is 83.8 Å². The van der Waals surface area contributed by atoms with Gasteiger partial charge in [-0.05, 0) is 0 Å². The Morgan fingerprint density at radius 3 is 2.67 bits per heavy atom. The number of hydrogen-bond donors (Lipinski definition) is 1.